The van der Waals surface area contributed by atoms with Crippen LogP contribution in [0.15, 0.2) is 21.5 Å². The third-order valence-corrected chi connectivity index (χ3v) is 4.39. The fraction of sp³-hybridized carbons (Fsp3) is 0.364. The van der Waals surface area contributed by atoms with E-state index in [0.717, 1.165) is 0 Å². The van der Waals surface area contributed by atoms with Crippen molar-refractivity contribution >= 4 is 53.2 Å². The maximum atomic E-state index is 11.8. The third kappa shape index (κ3) is 4.25. The maximum Gasteiger partial charge on any atom is 0.265 e. The van der Waals surface area contributed by atoms with E-state index in [9.17, 15) is 13.2 Å². The van der Waals surface area contributed by atoms with Gasteiger partial charge in [-0.15, -0.1) is 0 Å². The largest absolute Gasteiger partial charge is 0.478 e. The number of ether oxygens (including phenoxy) is 1. The number of rotatable bonds is 4. The van der Waals surface area contributed by atoms with Crippen molar-refractivity contribution in [3.05, 3.63) is 21.6 Å². The molecule has 1 aromatic rings. The Labute approximate surface area is 135 Å². The highest BCUT2D eigenvalue weighted by Gasteiger charge is 2.25. The quantitative estimate of drug-likeness (QED) is 0.723. The summed E-state index contributed by atoms with van der Waals surface area (Å²) in [7, 11) is 4.41. The topological polar surface area (TPSA) is 63.7 Å². The zero-order chi connectivity index (χ0) is 15.7. The first-order valence-electron chi connectivity index (χ1n) is 5.35. The molecule has 1 aromatic carbocycles. The van der Waals surface area contributed by atoms with Crippen molar-refractivity contribution in [1.82, 2.24) is 4.90 Å². The number of carbonyl (C=O) groups excluding carboxylic acids is 1. The van der Waals surface area contributed by atoms with Crippen molar-refractivity contribution in [1.29, 1.82) is 0 Å². The van der Waals surface area contributed by atoms with Crippen LogP contribution < -0.4 is 4.74 Å². The van der Waals surface area contributed by atoms with E-state index in [1.54, 1.807) is 14.1 Å². The van der Waals surface area contributed by atoms with E-state index >= 15 is 0 Å². The Morgan fingerprint density at radius 2 is 1.95 bits per heavy atom. The molecule has 0 saturated carbocycles. The van der Waals surface area contributed by atoms with Gasteiger partial charge < -0.3 is 9.64 Å². The standard InChI is InChI=1S/C11H12BrCl2NO4S/c1-6(11(16)15(2)3)19-10-8(13)4-7(12)5-9(10)20(14,17)18/h4-6H,1-3H3. The van der Waals surface area contributed by atoms with Crippen LogP contribution in [-0.2, 0) is 13.8 Å². The fourth-order valence-electron chi connectivity index (χ4n) is 1.42. The van der Waals surface area contributed by atoms with Crippen molar-refractivity contribution < 1.29 is 17.9 Å². The van der Waals surface area contributed by atoms with Crippen LogP contribution >= 0.6 is 38.2 Å². The van der Waals surface area contributed by atoms with E-state index in [4.69, 9.17) is 27.0 Å². The van der Waals surface area contributed by atoms with E-state index in [2.05, 4.69) is 15.9 Å². The number of carbonyl (C=O) groups is 1. The zero-order valence-electron chi connectivity index (χ0n) is 10.9. The molecule has 9 heteroatoms. The van der Waals surface area contributed by atoms with Crippen LogP contribution in [0.3, 0.4) is 0 Å². The molecule has 1 amide bonds. The van der Waals surface area contributed by atoms with Gasteiger partial charge in [-0.05, 0) is 19.1 Å². The lowest BCUT2D eigenvalue weighted by Gasteiger charge is -2.20. The van der Waals surface area contributed by atoms with E-state index in [0.29, 0.717) is 4.47 Å². The molecule has 0 aromatic heterocycles. The van der Waals surface area contributed by atoms with Crippen molar-refractivity contribution in [2.24, 2.45) is 0 Å². The number of hydrogen-bond acceptors (Lipinski definition) is 4. The Bertz CT molecular complexity index is 634. The number of hydrogen-bond donors (Lipinski definition) is 0. The van der Waals surface area contributed by atoms with Crippen LogP contribution in [0.5, 0.6) is 5.75 Å². The summed E-state index contributed by atoms with van der Waals surface area (Å²) in [6.07, 6.45) is -0.902. The maximum absolute atomic E-state index is 11.8. The van der Waals surface area contributed by atoms with Crippen molar-refractivity contribution in [3.8, 4) is 5.75 Å². The molecule has 0 N–H and O–H groups in total. The SMILES string of the molecule is CC(Oc1c(Cl)cc(Br)cc1S(=O)(=O)Cl)C(=O)N(C)C. The summed E-state index contributed by atoms with van der Waals surface area (Å²) in [4.78, 5) is 12.8. The number of benzene rings is 1. The Hall–Kier alpha value is -0.500. The monoisotopic (exact) mass is 403 g/mol. The lowest BCUT2D eigenvalue weighted by molar-refractivity contribution is -0.135. The fourth-order valence-corrected chi connectivity index (χ4v) is 3.48. The number of amides is 1. The highest BCUT2D eigenvalue weighted by Crippen LogP contribution is 2.37. The van der Waals surface area contributed by atoms with Crippen molar-refractivity contribution in [3.63, 3.8) is 0 Å². The molecular formula is C11H12BrCl2NO4S. The number of nitrogens with zero attached hydrogens (tertiary/aromatic N) is 1. The predicted octanol–water partition coefficient (Wildman–Crippen LogP) is 2.89. The molecule has 1 unspecified atom stereocenters. The van der Waals surface area contributed by atoms with E-state index in [-0.39, 0.29) is 21.6 Å². The average Bonchev–Trinajstić information content (AvgIpc) is 2.29. The lowest BCUT2D eigenvalue weighted by Crippen LogP contribution is -2.35. The summed E-state index contributed by atoms with van der Waals surface area (Å²) < 4.78 is 28.9. The number of likely N-dealkylation sites (N-methyl/N-ethyl adjacent to an activating group) is 1. The van der Waals surface area contributed by atoms with Crippen molar-refractivity contribution in [2.45, 2.75) is 17.9 Å². The van der Waals surface area contributed by atoms with Gasteiger partial charge in [0.2, 0.25) is 0 Å². The Kier molecular flexibility index (Phi) is 5.71. The molecule has 0 bridgehead atoms. The first-order chi connectivity index (χ1) is 9.04. The molecular weight excluding hydrogens is 393 g/mol. The summed E-state index contributed by atoms with van der Waals surface area (Å²) in [5.41, 5.74) is 0. The summed E-state index contributed by atoms with van der Waals surface area (Å²) in [6.45, 7) is 1.49. The second-order valence-corrected chi connectivity index (χ2v) is 8.00. The molecule has 1 atom stereocenters. The van der Waals surface area contributed by atoms with E-state index in [1.165, 1.54) is 24.0 Å². The van der Waals surface area contributed by atoms with E-state index < -0.39 is 15.2 Å². The summed E-state index contributed by atoms with van der Waals surface area (Å²) in [5, 5.41) is 0.0389. The first-order valence-corrected chi connectivity index (χ1v) is 8.83. The van der Waals surface area contributed by atoms with Crippen LogP contribution in [0, 0.1) is 0 Å². The Morgan fingerprint density at radius 3 is 2.40 bits per heavy atom. The van der Waals surface area contributed by atoms with Gasteiger partial charge in [0, 0.05) is 29.3 Å². The molecule has 0 aliphatic rings. The Balaban J connectivity index is 3.28. The third-order valence-electron chi connectivity index (χ3n) is 2.32. The molecule has 5 nitrogen and oxygen atoms in total. The van der Waals surface area contributed by atoms with Gasteiger partial charge in [0.05, 0.1) is 5.02 Å². The van der Waals surface area contributed by atoms with Crippen LogP contribution in [0.4, 0.5) is 0 Å². The molecule has 0 aliphatic carbocycles. The molecule has 0 fully saturated rings. The number of halogens is 3. The van der Waals surface area contributed by atoms with Gasteiger partial charge in [-0.1, -0.05) is 27.5 Å². The van der Waals surface area contributed by atoms with Gasteiger partial charge in [-0.25, -0.2) is 8.42 Å². The van der Waals surface area contributed by atoms with Gasteiger partial charge in [0.25, 0.3) is 15.0 Å². The minimum absolute atomic E-state index is 0.0389. The highest BCUT2D eigenvalue weighted by molar-refractivity contribution is 9.10. The van der Waals surface area contributed by atoms with E-state index in [1.807, 2.05) is 0 Å². The second kappa shape index (κ2) is 6.51. The molecule has 112 valence electrons. The lowest BCUT2D eigenvalue weighted by atomic mass is 10.3. The first kappa shape index (κ1) is 17.6. The molecule has 20 heavy (non-hydrogen) atoms. The van der Waals surface area contributed by atoms with Crippen LogP contribution in [0.25, 0.3) is 0 Å². The van der Waals surface area contributed by atoms with Crippen molar-refractivity contribution in [2.75, 3.05) is 14.1 Å². The predicted molar refractivity (Wildman–Crippen MR) is 81.0 cm³/mol. The minimum atomic E-state index is -4.06. The van der Waals surface area contributed by atoms with Gasteiger partial charge in [0.15, 0.2) is 11.9 Å². The minimum Gasteiger partial charge on any atom is -0.478 e. The summed E-state index contributed by atoms with van der Waals surface area (Å²) >= 11 is 9.09. The smallest absolute Gasteiger partial charge is 0.265 e. The van der Waals surface area contributed by atoms with Gasteiger partial charge in [-0.2, -0.15) is 0 Å². The van der Waals surface area contributed by atoms with Gasteiger partial charge in [-0.3, -0.25) is 4.79 Å². The molecule has 0 heterocycles. The molecule has 0 radical (unpaired) electrons. The average molecular weight is 405 g/mol. The molecule has 0 aliphatic heterocycles. The van der Waals surface area contributed by atoms with Gasteiger partial charge in [0.1, 0.15) is 4.90 Å². The molecule has 1 rings (SSSR count). The Morgan fingerprint density at radius 1 is 1.40 bits per heavy atom. The summed E-state index contributed by atoms with van der Waals surface area (Å²) in [6, 6.07) is 2.71. The van der Waals surface area contributed by atoms with Gasteiger partial charge >= 0.3 is 0 Å². The van der Waals surface area contributed by atoms with Crippen LogP contribution in [-0.4, -0.2) is 39.4 Å². The second-order valence-electron chi connectivity index (χ2n) is 4.15. The van der Waals surface area contributed by atoms with Crippen LogP contribution in [0.1, 0.15) is 6.92 Å². The highest BCUT2D eigenvalue weighted by atomic mass is 79.9. The summed E-state index contributed by atoms with van der Waals surface area (Å²) in [5.74, 6) is -0.477. The van der Waals surface area contributed by atoms with Crippen LogP contribution in [0.2, 0.25) is 5.02 Å². The molecule has 0 saturated heterocycles. The zero-order valence-corrected chi connectivity index (χ0v) is 14.8. The normalized spacial score (nSPS) is 12.9. The molecule has 0 spiro atoms.